The first-order valence-electron chi connectivity index (χ1n) is 6.10. The molecule has 0 spiro atoms. The average molecular weight is 196 g/mol. The summed E-state index contributed by atoms with van der Waals surface area (Å²) in [5.74, 6) is 0.871. The molecule has 2 saturated carbocycles. The Hall–Kier alpha value is -0.0800. The standard InChI is InChI=1S/C12H24N2/c1-10-5-3-4-6-11(10)14(2)9-12(13)7-8-12/h10-11H,3-9,13H2,1-2H3. The van der Waals surface area contributed by atoms with Crippen LogP contribution in [0.25, 0.3) is 0 Å². The van der Waals surface area contributed by atoms with Crippen LogP contribution in [0.15, 0.2) is 0 Å². The third-order valence-electron chi connectivity index (χ3n) is 4.09. The molecule has 2 aliphatic carbocycles. The van der Waals surface area contributed by atoms with Gasteiger partial charge in [0.05, 0.1) is 0 Å². The van der Waals surface area contributed by atoms with Gasteiger partial charge in [-0.3, -0.25) is 0 Å². The maximum atomic E-state index is 6.16. The normalized spacial score (nSPS) is 36.0. The van der Waals surface area contributed by atoms with E-state index in [0.717, 1.165) is 18.5 Å². The van der Waals surface area contributed by atoms with Crippen molar-refractivity contribution >= 4 is 0 Å². The van der Waals surface area contributed by atoms with Crippen molar-refractivity contribution in [2.75, 3.05) is 13.6 Å². The van der Waals surface area contributed by atoms with Crippen LogP contribution in [0.4, 0.5) is 0 Å². The topological polar surface area (TPSA) is 29.3 Å². The Morgan fingerprint density at radius 3 is 2.50 bits per heavy atom. The fourth-order valence-corrected chi connectivity index (χ4v) is 2.88. The Labute approximate surface area is 87.8 Å². The Balaban J connectivity index is 1.85. The van der Waals surface area contributed by atoms with Gasteiger partial charge < -0.3 is 10.6 Å². The van der Waals surface area contributed by atoms with E-state index in [0.29, 0.717) is 0 Å². The molecule has 2 nitrogen and oxygen atoms in total. The minimum absolute atomic E-state index is 0.186. The molecule has 0 aliphatic heterocycles. The highest BCUT2D eigenvalue weighted by Gasteiger charge is 2.40. The maximum Gasteiger partial charge on any atom is 0.0284 e. The van der Waals surface area contributed by atoms with Crippen molar-refractivity contribution in [3.63, 3.8) is 0 Å². The molecule has 0 radical (unpaired) electrons. The summed E-state index contributed by atoms with van der Waals surface area (Å²) < 4.78 is 0. The van der Waals surface area contributed by atoms with Gasteiger partial charge in [-0.05, 0) is 38.6 Å². The van der Waals surface area contributed by atoms with Crippen molar-refractivity contribution in [2.24, 2.45) is 11.7 Å². The van der Waals surface area contributed by atoms with Gasteiger partial charge >= 0.3 is 0 Å². The van der Waals surface area contributed by atoms with Gasteiger partial charge in [0.15, 0.2) is 0 Å². The summed E-state index contributed by atoms with van der Waals surface area (Å²) >= 11 is 0. The van der Waals surface area contributed by atoms with E-state index in [2.05, 4.69) is 18.9 Å². The lowest BCUT2D eigenvalue weighted by atomic mass is 9.85. The fraction of sp³-hybridized carbons (Fsp3) is 1.00. The molecule has 2 atom stereocenters. The van der Waals surface area contributed by atoms with Crippen molar-refractivity contribution in [3.8, 4) is 0 Å². The van der Waals surface area contributed by atoms with Crippen molar-refractivity contribution in [1.82, 2.24) is 4.90 Å². The quantitative estimate of drug-likeness (QED) is 0.748. The van der Waals surface area contributed by atoms with Gasteiger partial charge in [0.25, 0.3) is 0 Å². The monoisotopic (exact) mass is 196 g/mol. The molecule has 2 fully saturated rings. The van der Waals surface area contributed by atoms with E-state index < -0.39 is 0 Å². The van der Waals surface area contributed by atoms with Crippen LogP contribution in [-0.2, 0) is 0 Å². The van der Waals surface area contributed by atoms with E-state index in [1.807, 2.05) is 0 Å². The molecule has 0 aromatic carbocycles. The molecule has 2 aliphatic rings. The molecule has 14 heavy (non-hydrogen) atoms. The van der Waals surface area contributed by atoms with Gasteiger partial charge in [0.2, 0.25) is 0 Å². The number of nitrogens with zero attached hydrogens (tertiary/aromatic N) is 1. The summed E-state index contributed by atoms with van der Waals surface area (Å²) in [5, 5.41) is 0. The van der Waals surface area contributed by atoms with Crippen molar-refractivity contribution < 1.29 is 0 Å². The number of hydrogen-bond donors (Lipinski definition) is 1. The highest BCUT2D eigenvalue weighted by Crippen LogP contribution is 2.35. The smallest absolute Gasteiger partial charge is 0.0284 e. The van der Waals surface area contributed by atoms with Crippen molar-refractivity contribution in [3.05, 3.63) is 0 Å². The lowest BCUT2D eigenvalue weighted by Crippen LogP contribution is -2.46. The van der Waals surface area contributed by atoms with Crippen LogP contribution in [0, 0.1) is 5.92 Å². The first-order valence-corrected chi connectivity index (χ1v) is 6.10. The Bertz CT molecular complexity index is 198. The van der Waals surface area contributed by atoms with E-state index in [1.165, 1.54) is 38.5 Å². The minimum Gasteiger partial charge on any atom is -0.324 e. The molecular weight excluding hydrogens is 172 g/mol. The molecule has 2 unspecified atom stereocenters. The molecule has 2 rings (SSSR count). The van der Waals surface area contributed by atoms with Crippen LogP contribution < -0.4 is 5.73 Å². The third kappa shape index (κ3) is 2.29. The molecule has 0 aromatic heterocycles. The summed E-state index contributed by atoms with van der Waals surface area (Å²) in [7, 11) is 2.26. The summed E-state index contributed by atoms with van der Waals surface area (Å²) in [5.41, 5.74) is 6.34. The fourth-order valence-electron chi connectivity index (χ4n) is 2.88. The Morgan fingerprint density at radius 2 is 1.93 bits per heavy atom. The zero-order chi connectivity index (χ0) is 10.2. The lowest BCUT2D eigenvalue weighted by molar-refractivity contribution is 0.130. The van der Waals surface area contributed by atoms with Crippen LogP contribution in [-0.4, -0.2) is 30.1 Å². The predicted octanol–water partition coefficient (Wildman–Crippen LogP) is 1.99. The summed E-state index contributed by atoms with van der Waals surface area (Å²) in [4.78, 5) is 2.52. The van der Waals surface area contributed by atoms with E-state index in [4.69, 9.17) is 5.73 Å². The highest BCUT2D eigenvalue weighted by molar-refractivity contribution is 5.01. The first kappa shape index (κ1) is 10.4. The summed E-state index contributed by atoms with van der Waals surface area (Å²) in [6.45, 7) is 3.51. The van der Waals surface area contributed by atoms with Crippen LogP contribution in [0.2, 0.25) is 0 Å². The second kappa shape index (κ2) is 3.82. The van der Waals surface area contributed by atoms with Crippen LogP contribution >= 0.6 is 0 Å². The number of likely N-dealkylation sites (N-methyl/N-ethyl adjacent to an activating group) is 1. The molecule has 0 bridgehead atoms. The van der Waals surface area contributed by atoms with Crippen LogP contribution in [0.3, 0.4) is 0 Å². The Morgan fingerprint density at radius 1 is 1.29 bits per heavy atom. The van der Waals surface area contributed by atoms with Crippen LogP contribution in [0.1, 0.15) is 45.4 Å². The summed E-state index contributed by atoms with van der Waals surface area (Å²) in [6.07, 6.45) is 8.10. The molecule has 2 N–H and O–H groups in total. The zero-order valence-electron chi connectivity index (χ0n) is 9.63. The molecule has 0 heterocycles. The predicted molar refractivity (Wildman–Crippen MR) is 60.2 cm³/mol. The molecule has 0 amide bonds. The minimum atomic E-state index is 0.186. The van der Waals surface area contributed by atoms with E-state index in [1.54, 1.807) is 0 Å². The van der Waals surface area contributed by atoms with E-state index >= 15 is 0 Å². The number of nitrogens with two attached hydrogens (primary N) is 1. The second-order valence-electron chi connectivity index (χ2n) is 5.61. The third-order valence-corrected chi connectivity index (χ3v) is 4.09. The van der Waals surface area contributed by atoms with Gasteiger partial charge in [-0.2, -0.15) is 0 Å². The van der Waals surface area contributed by atoms with Crippen LogP contribution in [0.5, 0.6) is 0 Å². The maximum absolute atomic E-state index is 6.16. The molecular formula is C12H24N2. The largest absolute Gasteiger partial charge is 0.324 e. The van der Waals surface area contributed by atoms with E-state index in [9.17, 15) is 0 Å². The van der Waals surface area contributed by atoms with Gasteiger partial charge in [-0.1, -0.05) is 19.8 Å². The van der Waals surface area contributed by atoms with Gasteiger partial charge in [0.1, 0.15) is 0 Å². The zero-order valence-corrected chi connectivity index (χ0v) is 9.63. The molecule has 82 valence electrons. The highest BCUT2D eigenvalue weighted by atomic mass is 15.2. The molecule has 2 heteroatoms. The van der Waals surface area contributed by atoms with Gasteiger partial charge in [0, 0.05) is 18.1 Å². The molecule has 0 aromatic rings. The second-order valence-corrected chi connectivity index (χ2v) is 5.61. The van der Waals surface area contributed by atoms with Crippen molar-refractivity contribution in [1.29, 1.82) is 0 Å². The summed E-state index contributed by atoms with van der Waals surface area (Å²) in [6, 6.07) is 0.796. The van der Waals surface area contributed by atoms with Crippen molar-refractivity contribution in [2.45, 2.75) is 57.0 Å². The van der Waals surface area contributed by atoms with E-state index in [-0.39, 0.29) is 5.54 Å². The van der Waals surface area contributed by atoms with Gasteiger partial charge in [-0.25, -0.2) is 0 Å². The lowest BCUT2D eigenvalue weighted by Gasteiger charge is -2.37. The average Bonchev–Trinajstić information content (AvgIpc) is 2.84. The first-order chi connectivity index (χ1) is 6.61. The molecule has 0 saturated heterocycles. The van der Waals surface area contributed by atoms with Gasteiger partial charge in [-0.15, -0.1) is 0 Å². The number of hydrogen-bond acceptors (Lipinski definition) is 2. The Kier molecular flexibility index (Phi) is 2.85. The SMILES string of the molecule is CC1CCCCC1N(C)CC1(N)CC1. The number of rotatable bonds is 3.